The van der Waals surface area contributed by atoms with Gasteiger partial charge in [0.1, 0.15) is 16.9 Å². The second-order valence-electron chi connectivity index (χ2n) is 7.32. The van der Waals surface area contributed by atoms with Crippen molar-refractivity contribution < 1.29 is 19.1 Å². The maximum absolute atomic E-state index is 13.0. The molecule has 1 aliphatic heterocycles. The first-order chi connectivity index (χ1) is 15.5. The van der Waals surface area contributed by atoms with E-state index in [2.05, 4.69) is 5.32 Å². The Morgan fingerprint density at radius 1 is 1.03 bits per heavy atom. The zero-order chi connectivity index (χ0) is 22.7. The number of benzene rings is 3. The Morgan fingerprint density at radius 3 is 2.53 bits per heavy atom. The fraction of sp³-hybridized carbons (Fsp3) is 0.200. The molecular formula is C25H24N2O4S. The highest BCUT2D eigenvalue weighted by Crippen LogP contribution is 2.47. The molecule has 1 unspecified atom stereocenters. The third-order valence-corrected chi connectivity index (χ3v) is 6.57. The number of carbonyl (C=O) groups is 2. The average Bonchev–Trinajstić information content (AvgIpc) is 3.20. The van der Waals surface area contributed by atoms with Crippen LogP contribution in [-0.4, -0.2) is 31.8 Å². The van der Waals surface area contributed by atoms with Crippen molar-refractivity contribution in [2.24, 2.45) is 0 Å². The summed E-state index contributed by atoms with van der Waals surface area (Å²) < 4.78 is 10.8. The molecule has 1 saturated heterocycles. The zero-order valence-electron chi connectivity index (χ0n) is 18.1. The molecule has 0 bridgehead atoms. The van der Waals surface area contributed by atoms with Gasteiger partial charge < -0.3 is 14.8 Å². The van der Waals surface area contributed by atoms with E-state index in [1.165, 1.54) is 11.8 Å². The van der Waals surface area contributed by atoms with Gasteiger partial charge in [-0.2, -0.15) is 0 Å². The summed E-state index contributed by atoms with van der Waals surface area (Å²) in [5.74, 6) is 1.32. The van der Waals surface area contributed by atoms with Crippen LogP contribution in [0.2, 0.25) is 0 Å². The highest BCUT2D eigenvalue weighted by Gasteiger charge is 2.37. The van der Waals surface area contributed by atoms with E-state index in [9.17, 15) is 9.59 Å². The van der Waals surface area contributed by atoms with Gasteiger partial charge in [-0.25, -0.2) is 0 Å². The number of methoxy groups -OCH3 is 2. The minimum atomic E-state index is -0.307. The molecule has 0 aromatic heterocycles. The number of ether oxygens (including phenoxy) is 2. The van der Waals surface area contributed by atoms with Gasteiger partial charge in [-0.3, -0.25) is 14.5 Å². The monoisotopic (exact) mass is 448 g/mol. The summed E-state index contributed by atoms with van der Waals surface area (Å²) in [6.45, 7) is 1.91. The number of rotatable bonds is 6. The fourth-order valence-electron chi connectivity index (χ4n) is 3.74. The minimum Gasteiger partial charge on any atom is -0.497 e. The number of hydrogen-bond donors (Lipinski definition) is 1. The van der Waals surface area contributed by atoms with Crippen molar-refractivity contribution in [1.29, 1.82) is 0 Å². The molecule has 6 nitrogen and oxygen atoms in total. The van der Waals surface area contributed by atoms with E-state index in [0.717, 1.165) is 11.1 Å². The molecule has 1 heterocycles. The molecule has 1 atom stereocenters. The molecular weight excluding hydrogens is 424 g/mol. The maximum atomic E-state index is 13.0. The molecule has 164 valence electrons. The van der Waals surface area contributed by atoms with Gasteiger partial charge >= 0.3 is 0 Å². The smallest absolute Gasteiger partial charge is 0.255 e. The lowest BCUT2D eigenvalue weighted by atomic mass is 10.1. The van der Waals surface area contributed by atoms with E-state index in [0.29, 0.717) is 34.2 Å². The highest BCUT2D eigenvalue weighted by atomic mass is 32.2. The molecule has 0 aliphatic carbocycles. The average molecular weight is 449 g/mol. The van der Waals surface area contributed by atoms with Gasteiger partial charge in [-0.05, 0) is 36.8 Å². The van der Waals surface area contributed by atoms with Gasteiger partial charge in [0.2, 0.25) is 5.91 Å². The number of anilines is 2. The van der Waals surface area contributed by atoms with Crippen molar-refractivity contribution in [3.05, 3.63) is 83.4 Å². The summed E-state index contributed by atoms with van der Waals surface area (Å²) in [5, 5.41) is 2.73. The van der Waals surface area contributed by atoms with Crippen LogP contribution in [0.25, 0.3) is 0 Å². The Balaban J connectivity index is 1.70. The minimum absolute atomic E-state index is 0.0245. The Bertz CT molecular complexity index is 1160. The first kappa shape index (κ1) is 21.8. The van der Waals surface area contributed by atoms with Gasteiger partial charge in [0.25, 0.3) is 5.91 Å². The fourth-order valence-corrected chi connectivity index (χ4v) is 4.95. The molecule has 0 saturated carbocycles. The lowest BCUT2D eigenvalue weighted by molar-refractivity contribution is -0.115. The Hall–Kier alpha value is -3.45. The lowest BCUT2D eigenvalue weighted by Gasteiger charge is -2.27. The molecule has 0 radical (unpaired) electrons. The SMILES string of the molecule is COc1ccc(N2C(=O)CSC2c2ccccc2NC(=O)c2ccccc2C)c(OC)c1. The van der Waals surface area contributed by atoms with E-state index in [1.807, 2.05) is 55.5 Å². The van der Waals surface area contributed by atoms with Crippen LogP contribution in [0, 0.1) is 6.92 Å². The van der Waals surface area contributed by atoms with Gasteiger partial charge in [0.05, 0.1) is 25.7 Å². The molecule has 4 rings (SSSR count). The summed E-state index contributed by atoms with van der Waals surface area (Å²) in [6.07, 6.45) is 0. The molecule has 1 N–H and O–H groups in total. The molecule has 2 amide bonds. The van der Waals surface area contributed by atoms with Gasteiger partial charge in [-0.1, -0.05) is 36.4 Å². The quantitative estimate of drug-likeness (QED) is 0.572. The van der Waals surface area contributed by atoms with Crippen molar-refractivity contribution in [3.8, 4) is 11.5 Å². The number of nitrogens with zero attached hydrogens (tertiary/aromatic N) is 1. The summed E-state index contributed by atoms with van der Waals surface area (Å²) in [5.41, 5.74) is 3.70. The van der Waals surface area contributed by atoms with E-state index in [1.54, 1.807) is 37.3 Å². The van der Waals surface area contributed by atoms with Crippen LogP contribution in [0.4, 0.5) is 11.4 Å². The van der Waals surface area contributed by atoms with Crippen LogP contribution in [0.3, 0.4) is 0 Å². The van der Waals surface area contributed by atoms with Crippen LogP contribution in [0.15, 0.2) is 66.7 Å². The van der Waals surface area contributed by atoms with Crippen molar-refractivity contribution in [2.75, 3.05) is 30.2 Å². The number of hydrogen-bond acceptors (Lipinski definition) is 5. The zero-order valence-corrected chi connectivity index (χ0v) is 18.9. The Kier molecular flexibility index (Phi) is 6.37. The molecule has 3 aromatic carbocycles. The Morgan fingerprint density at radius 2 is 1.78 bits per heavy atom. The summed E-state index contributed by atoms with van der Waals surface area (Å²) in [6, 6.07) is 20.4. The lowest BCUT2D eigenvalue weighted by Crippen LogP contribution is -2.29. The van der Waals surface area contributed by atoms with E-state index < -0.39 is 0 Å². The second kappa shape index (κ2) is 9.36. The number of aryl methyl sites for hydroxylation is 1. The van der Waals surface area contributed by atoms with Crippen LogP contribution >= 0.6 is 11.8 Å². The van der Waals surface area contributed by atoms with Crippen molar-refractivity contribution in [1.82, 2.24) is 0 Å². The van der Waals surface area contributed by atoms with Crippen LogP contribution in [-0.2, 0) is 4.79 Å². The van der Waals surface area contributed by atoms with Gasteiger partial charge in [0, 0.05) is 22.9 Å². The first-order valence-electron chi connectivity index (χ1n) is 10.1. The van der Waals surface area contributed by atoms with Crippen molar-refractivity contribution in [3.63, 3.8) is 0 Å². The number of thioether (sulfide) groups is 1. The van der Waals surface area contributed by atoms with Gasteiger partial charge in [-0.15, -0.1) is 11.8 Å². The molecule has 32 heavy (non-hydrogen) atoms. The van der Waals surface area contributed by atoms with Crippen LogP contribution in [0.5, 0.6) is 11.5 Å². The normalized spacial score (nSPS) is 15.5. The van der Waals surface area contributed by atoms with Gasteiger partial charge in [0.15, 0.2) is 0 Å². The van der Waals surface area contributed by atoms with E-state index in [-0.39, 0.29) is 17.2 Å². The summed E-state index contributed by atoms with van der Waals surface area (Å²) in [7, 11) is 3.15. The van der Waals surface area contributed by atoms with E-state index >= 15 is 0 Å². The highest BCUT2D eigenvalue weighted by molar-refractivity contribution is 8.00. The molecule has 1 fully saturated rings. The molecule has 1 aliphatic rings. The summed E-state index contributed by atoms with van der Waals surface area (Å²) >= 11 is 1.51. The number of carbonyl (C=O) groups excluding carboxylic acids is 2. The number of nitrogens with one attached hydrogen (secondary N) is 1. The second-order valence-corrected chi connectivity index (χ2v) is 8.39. The molecule has 3 aromatic rings. The Labute approximate surface area is 191 Å². The predicted octanol–water partition coefficient (Wildman–Crippen LogP) is 5.04. The standard InChI is InChI=1S/C25H24N2O4S/c1-16-8-4-5-9-18(16)24(29)26-20-11-7-6-10-19(20)25-27(23(28)15-32-25)21-13-12-17(30-2)14-22(21)31-3/h4-14,25H,15H2,1-3H3,(H,26,29). The van der Waals surface area contributed by atoms with Crippen LogP contribution in [0.1, 0.15) is 26.9 Å². The van der Waals surface area contributed by atoms with Crippen LogP contribution < -0.4 is 19.7 Å². The first-order valence-corrected chi connectivity index (χ1v) is 11.2. The molecule has 7 heteroatoms. The van der Waals surface area contributed by atoms with Crippen molar-refractivity contribution >= 4 is 35.0 Å². The maximum Gasteiger partial charge on any atom is 0.255 e. The predicted molar refractivity (Wildman–Crippen MR) is 128 cm³/mol. The van der Waals surface area contributed by atoms with Crippen molar-refractivity contribution in [2.45, 2.75) is 12.3 Å². The topological polar surface area (TPSA) is 67.9 Å². The summed E-state index contributed by atoms with van der Waals surface area (Å²) in [4.78, 5) is 27.6. The third-order valence-electron chi connectivity index (χ3n) is 5.38. The van der Waals surface area contributed by atoms with E-state index in [4.69, 9.17) is 9.47 Å². The largest absolute Gasteiger partial charge is 0.497 e. The number of amides is 2. The third kappa shape index (κ3) is 4.16. The number of para-hydroxylation sites is 1. The molecule has 0 spiro atoms.